The zero-order chi connectivity index (χ0) is 15.4. The van der Waals surface area contributed by atoms with E-state index in [1.165, 1.54) is 0 Å². The lowest BCUT2D eigenvalue weighted by Crippen LogP contribution is -2.51. The first-order valence-electron chi connectivity index (χ1n) is 6.65. The van der Waals surface area contributed by atoms with Gasteiger partial charge in [-0.25, -0.2) is 4.79 Å². The molecule has 0 saturated carbocycles. The number of aliphatic carboxylic acids is 1. The number of amides is 2. The molecule has 0 aromatic heterocycles. The maximum atomic E-state index is 11.8. The zero-order valence-corrected chi connectivity index (χ0v) is 11.8. The van der Waals surface area contributed by atoms with Crippen LogP contribution in [0.3, 0.4) is 0 Å². The molecule has 1 aromatic rings. The second kappa shape index (κ2) is 6.34. The minimum Gasteiger partial charge on any atom is -0.548 e. The molecule has 1 heterocycles. The second-order valence-corrected chi connectivity index (χ2v) is 5.00. The summed E-state index contributed by atoms with van der Waals surface area (Å²) in [4.78, 5) is 22.7. The van der Waals surface area contributed by atoms with Crippen molar-refractivity contribution in [3.05, 3.63) is 18.2 Å². The van der Waals surface area contributed by atoms with Gasteiger partial charge in [-0.15, -0.1) is 0 Å². The largest absolute Gasteiger partial charge is 0.548 e. The van der Waals surface area contributed by atoms with E-state index in [0.29, 0.717) is 30.4 Å². The molecule has 2 amide bonds. The molecular weight excluding hydrogens is 276 g/mol. The summed E-state index contributed by atoms with van der Waals surface area (Å²) in [5.41, 5.74) is 0.484. The number of rotatable bonds is 4. The number of fused-ring (bicyclic) bond motifs is 1. The summed E-state index contributed by atoms with van der Waals surface area (Å²) >= 11 is 0. The van der Waals surface area contributed by atoms with Gasteiger partial charge in [-0.1, -0.05) is 13.8 Å². The van der Waals surface area contributed by atoms with Crippen LogP contribution in [-0.4, -0.2) is 31.3 Å². The molecule has 2 N–H and O–H groups in total. The van der Waals surface area contributed by atoms with Gasteiger partial charge in [0.05, 0.1) is 12.0 Å². The number of hydrogen-bond acceptors (Lipinski definition) is 5. The normalized spacial score (nSPS) is 14.4. The third-order valence-corrected chi connectivity index (χ3v) is 3.01. The van der Waals surface area contributed by atoms with E-state index < -0.39 is 18.0 Å². The molecule has 21 heavy (non-hydrogen) atoms. The van der Waals surface area contributed by atoms with Crippen LogP contribution in [0.2, 0.25) is 0 Å². The van der Waals surface area contributed by atoms with Crippen molar-refractivity contribution in [2.75, 3.05) is 18.5 Å². The minimum absolute atomic E-state index is 0.277. The highest BCUT2D eigenvalue weighted by Gasteiger charge is 2.18. The first-order valence-corrected chi connectivity index (χ1v) is 6.65. The predicted molar refractivity (Wildman–Crippen MR) is 73.2 cm³/mol. The van der Waals surface area contributed by atoms with Gasteiger partial charge < -0.3 is 30.0 Å². The summed E-state index contributed by atoms with van der Waals surface area (Å²) in [5, 5.41) is 15.8. The number of hydrogen-bond donors (Lipinski definition) is 2. The number of nitrogens with one attached hydrogen (secondary N) is 2. The fraction of sp³-hybridized carbons (Fsp3) is 0.429. The van der Waals surface area contributed by atoms with Gasteiger partial charge in [0, 0.05) is 11.8 Å². The van der Waals surface area contributed by atoms with Gasteiger partial charge in [0.25, 0.3) is 0 Å². The molecule has 7 heteroatoms. The Balaban J connectivity index is 2.01. The lowest BCUT2D eigenvalue weighted by atomic mass is 10.1. The highest BCUT2D eigenvalue weighted by atomic mass is 16.6. The summed E-state index contributed by atoms with van der Waals surface area (Å²) in [7, 11) is 0. The number of carbonyl (C=O) groups is 2. The number of benzene rings is 1. The molecule has 0 spiro atoms. The molecule has 114 valence electrons. The number of urea groups is 1. The van der Waals surface area contributed by atoms with Crippen LogP contribution in [0, 0.1) is 5.92 Å². The Morgan fingerprint density at radius 1 is 1.19 bits per heavy atom. The van der Waals surface area contributed by atoms with Crippen LogP contribution in [-0.2, 0) is 4.79 Å². The van der Waals surface area contributed by atoms with Crippen molar-refractivity contribution in [1.29, 1.82) is 0 Å². The van der Waals surface area contributed by atoms with E-state index in [2.05, 4.69) is 10.6 Å². The molecule has 2 rings (SSSR count). The smallest absolute Gasteiger partial charge is 0.319 e. The molecule has 0 radical (unpaired) electrons. The summed E-state index contributed by atoms with van der Waals surface area (Å²) in [5.74, 6) is -0.440. The maximum absolute atomic E-state index is 11.8. The first kappa shape index (κ1) is 15.0. The van der Waals surface area contributed by atoms with Crippen LogP contribution in [0.4, 0.5) is 10.5 Å². The topological polar surface area (TPSA) is 99.7 Å². The third kappa shape index (κ3) is 3.77. The molecule has 0 aliphatic carbocycles. The lowest BCUT2D eigenvalue weighted by molar-refractivity contribution is -0.309. The number of carbonyl (C=O) groups excluding carboxylic acids is 2. The fourth-order valence-electron chi connectivity index (χ4n) is 1.93. The Hall–Kier alpha value is -2.44. The van der Waals surface area contributed by atoms with Crippen molar-refractivity contribution in [3.63, 3.8) is 0 Å². The Kier molecular flexibility index (Phi) is 4.52. The molecule has 1 aliphatic rings. The molecule has 1 aromatic carbocycles. The van der Waals surface area contributed by atoms with Gasteiger partial charge in [0.2, 0.25) is 0 Å². The van der Waals surface area contributed by atoms with Gasteiger partial charge in [0.1, 0.15) is 13.2 Å². The van der Waals surface area contributed by atoms with Crippen molar-refractivity contribution in [3.8, 4) is 11.5 Å². The van der Waals surface area contributed by atoms with Gasteiger partial charge in [0.15, 0.2) is 11.5 Å². The van der Waals surface area contributed by atoms with Gasteiger partial charge in [-0.2, -0.15) is 0 Å². The van der Waals surface area contributed by atoms with Crippen molar-refractivity contribution in [1.82, 2.24) is 5.32 Å². The Bertz CT molecular complexity index is 544. The van der Waals surface area contributed by atoms with Crippen LogP contribution in [0.5, 0.6) is 11.5 Å². The van der Waals surface area contributed by atoms with Crippen LogP contribution < -0.4 is 25.2 Å². The van der Waals surface area contributed by atoms with E-state index in [1.54, 1.807) is 32.0 Å². The Morgan fingerprint density at radius 2 is 1.86 bits per heavy atom. The standard InChI is InChI=1S/C14H18N2O5/c1-8(2)12(13(17)18)16-14(19)15-9-3-4-10-11(7-9)21-6-5-20-10/h3-4,7-8,12H,5-6H2,1-2H3,(H,17,18)(H2,15,16,19)/p-1/t12-/m0/s1. The van der Waals surface area contributed by atoms with Crippen molar-refractivity contribution >= 4 is 17.7 Å². The Labute approximate surface area is 122 Å². The zero-order valence-electron chi connectivity index (χ0n) is 11.8. The van der Waals surface area contributed by atoms with Gasteiger partial charge in [-0.3, -0.25) is 0 Å². The quantitative estimate of drug-likeness (QED) is 0.834. The highest BCUT2D eigenvalue weighted by molar-refractivity contribution is 5.92. The molecule has 0 unspecified atom stereocenters. The van der Waals surface area contributed by atoms with E-state index in [4.69, 9.17) is 9.47 Å². The molecule has 1 aliphatic heterocycles. The number of carboxylic acids is 1. The van der Waals surface area contributed by atoms with E-state index in [9.17, 15) is 14.7 Å². The Morgan fingerprint density at radius 3 is 2.48 bits per heavy atom. The molecule has 7 nitrogen and oxygen atoms in total. The molecule has 0 saturated heterocycles. The summed E-state index contributed by atoms with van der Waals surface area (Å²) in [6.45, 7) is 4.31. The van der Waals surface area contributed by atoms with E-state index in [-0.39, 0.29) is 5.92 Å². The number of anilines is 1. The minimum atomic E-state index is -1.32. The fourth-order valence-corrected chi connectivity index (χ4v) is 1.93. The molecule has 0 bridgehead atoms. The third-order valence-electron chi connectivity index (χ3n) is 3.01. The summed E-state index contributed by atoms with van der Waals surface area (Å²) in [6.07, 6.45) is 0. The van der Waals surface area contributed by atoms with Gasteiger partial charge >= 0.3 is 6.03 Å². The van der Waals surface area contributed by atoms with Crippen LogP contribution in [0.1, 0.15) is 13.8 Å². The number of ether oxygens (including phenoxy) is 2. The first-order chi connectivity index (χ1) is 9.97. The monoisotopic (exact) mass is 293 g/mol. The molecular formula is C14H17N2O5-. The van der Waals surface area contributed by atoms with E-state index >= 15 is 0 Å². The van der Waals surface area contributed by atoms with Crippen LogP contribution in [0.25, 0.3) is 0 Å². The SMILES string of the molecule is CC(C)[C@H](NC(=O)Nc1ccc2c(c1)OCCO2)C(=O)[O-]. The second-order valence-electron chi connectivity index (χ2n) is 5.00. The highest BCUT2D eigenvalue weighted by Crippen LogP contribution is 2.32. The summed E-state index contributed by atoms with van der Waals surface area (Å²) < 4.78 is 10.8. The van der Waals surface area contributed by atoms with Crippen LogP contribution in [0.15, 0.2) is 18.2 Å². The molecule has 0 fully saturated rings. The van der Waals surface area contributed by atoms with E-state index in [1.807, 2.05) is 0 Å². The van der Waals surface area contributed by atoms with Crippen molar-refractivity contribution in [2.45, 2.75) is 19.9 Å². The van der Waals surface area contributed by atoms with Crippen molar-refractivity contribution < 1.29 is 24.2 Å². The predicted octanol–water partition coefficient (Wildman–Crippen LogP) is 0.354. The van der Waals surface area contributed by atoms with E-state index in [0.717, 1.165) is 0 Å². The van der Waals surface area contributed by atoms with Gasteiger partial charge in [-0.05, 0) is 18.1 Å². The van der Waals surface area contributed by atoms with Crippen molar-refractivity contribution in [2.24, 2.45) is 5.92 Å². The molecule has 1 atom stereocenters. The van der Waals surface area contributed by atoms with Crippen LogP contribution >= 0.6 is 0 Å². The maximum Gasteiger partial charge on any atom is 0.319 e. The average Bonchev–Trinajstić information content (AvgIpc) is 2.44. The lowest BCUT2D eigenvalue weighted by Gasteiger charge is -2.23. The number of carboxylic acid groups (broad SMARTS) is 1. The summed E-state index contributed by atoms with van der Waals surface area (Å²) in [6, 6.07) is 3.29. The average molecular weight is 293 g/mol.